The smallest absolute Gasteiger partial charge is 0.440 e. The zero-order valence-electron chi connectivity index (χ0n) is 27.9. The lowest BCUT2D eigenvalue weighted by molar-refractivity contribution is -0.152. The molecule has 1 aliphatic rings. The lowest BCUT2D eigenvalue weighted by atomic mass is 9.83. The highest BCUT2D eigenvalue weighted by Gasteiger charge is 2.41. The van der Waals surface area contributed by atoms with Crippen molar-refractivity contribution in [2.45, 2.75) is 50.8 Å². The summed E-state index contributed by atoms with van der Waals surface area (Å²) in [6.45, 7) is -1.29. The van der Waals surface area contributed by atoms with Gasteiger partial charge in [0.05, 0.1) is 23.6 Å². The molecule has 0 saturated heterocycles. The molecule has 290 valence electrons. The summed E-state index contributed by atoms with van der Waals surface area (Å²) in [6.07, 6.45) is -17.2. The molecule has 1 heterocycles. The van der Waals surface area contributed by atoms with Crippen LogP contribution >= 0.6 is 7.82 Å². The molecule has 0 fully saturated rings. The summed E-state index contributed by atoms with van der Waals surface area (Å²) in [5.74, 6) is -8.95. The Balaban J connectivity index is 1.69. The number of hydrogen-bond acceptors (Lipinski definition) is 8. The maximum atomic E-state index is 14.2. The molecule has 3 aromatic carbocycles. The third-order valence-electron chi connectivity index (χ3n) is 8.11. The Morgan fingerprint density at radius 3 is 2.02 bits per heavy atom. The molecular weight excluding hydrogens is 753 g/mol. The Morgan fingerprint density at radius 1 is 0.870 bits per heavy atom. The van der Waals surface area contributed by atoms with Gasteiger partial charge >= 0.3 is 26.1 Å². The predicted molar refractivity (Wildman–Crippen MR) is 178 cm³/mol. The van der Waals surface area contributed by atoms with Crippen molar-refractivity contribution in [3.05, 3.63) is 101 Å². The molecular formula is C34H33F6N4O9P. The van der Waals surface area contributed by atoms with Crippen LogP contribution in [0, 0.1) is 11.8 Å². The summed E-state index contributed by atoms with van der Waals surface area (Å²) in [6, 6.07) is 19.5. The zero-order valence-corrected chi connectivity index (χ0v) is 28.8. The quantitative estimate of drug-likeness (QED) is 0.0916. The van der Waals surface area contributed by atoms with Crippen LogP contribution in [0.4, 0.5) is 32.0 Å². The number of para-hydroxylation sites is 1. The summed E-state index contributed by atoms with van der Waals surface area (Å²) >= 11 is 0. The maximum absolute atomic E-state index is 14.2. The highest BCUT2D eigenvalue weighted by Crippen LogP contribution is 2.37. The number of esters is 1. The Bertz CT molecular complexity index is 1900. The van der Waals surface area contributed by atoms with Gasteiger partial charge in [-0.3, -0.25) is 23.8 Å². The van der Waals surface area contributed by atoms with Crippen LogP contribution in [0.3, 0.4) is 0 Å². The number of fused-ring (bicyclic) bond motifs is 1. The number of phosphoric ester groups is 1. The SMILES string of the molecule is NC(=O)[C@@H](CCC(F)(F)F)[C@@H](CCC(F)(F)F)C(=O)N[C@H]1N=C(c2ccccc2)c2ccccc2N(COC(=O)c2ccc(COP(=O)(O)O)cc2)C1=O. The van der Waals surface area contributed by atoms with Crippen molar-refractivity contribution in [2.24, 2.45) is 22.6 Å². The lowest BCUT2D eigenvalue weighted by Crippen LogP contribution is -2.51. The molecule has 0 spiro atoms. The standard InChI is InChI=1S/C34H33F6N4O9P/c35-33(36,37)16-14-23(28(41)45)24(15-17-34(38,39)40)30(46)43-29-31(47)44(19-52-32(48)22-12-10-20(11-13-22)18-53-54(49,50)51)26-9-5-4-8-25(26)27(42-29)21-6-2-1-3-7-21/h1-13,23-24,29H,14-19H2,(H2,41,45)(H,43,46)(H2,49,50,51)/t23-,24+,29+/m0/s1. The van der Waals surface area contributed by atoms with Crippen LogP contribution in [0.25, 0.3) is 0 Å². The topological polar surface area (TPSA) is 198 Å². The average Bonchev–Trinajstić information content (AvgIpc) is 3.20. The predicted octanol–water partition coefficient (Wildman–Crippen LogP) is 5.14. The summed E-state index contributed by atoms with van der Waals surface area (Å²) in [4.78, 5) is 76.4. The van der Waals surface area contributed by atoms with E-state index in [0.29, 0.717) is 11.1 Å². The number of alkyl halides is 6. The van der Waals surface area contributed by atoms with Gasteiger partial charge in [0.15, 0.2) is 6.73 Å². The number of nitrogens with zero attached hydrogens (tertiary/aromatic N) is 2. The zero-order chi connectivity index (χ0) is 39.8. The molecule has 0 saturated carbocycles. The van der Waals surface area contributed by atoms with Crippen molar-refractivity contribution < 1.29 is 69.1 Å². The van der Waals surface area contributed by atoms with Crippen LogP contribution in [0.15, 0.2) is 83.9 Å². The third-order valence-corrected chi connectivity index (χ3v) is 8.58. The second kappa shape index (κ2) is 17.4. The Morgan fingerprint density at radius 2 is 1.44 bits per heavy atom. The maximum Gasteiger partial charge on any atom is 0.469 e. The van der Waals surface area contributed by atoms with Crippen molar-refractivity contribution in [3.8, 4) is 0 Å². The number of phosphoric acid groups is 1. The van der Waals surface area contributed by atoms with E-state index in [1.807, 2.05) is 0 Å². The molecule has 0 unspecified atom stereocenters. The fourth-order valence-corrected chi connectivity index (χ4v) is 5.84. The monoisotopic (exact) mass is 786 g/mol. The largest absolute Gasteiger partial charge is 0.469 e. The minimum atomic E-state index is -4.87. The van der Waals surface area contributed by atoms with Gasteiger partial charge in [0.1, 0.15) is 0 Å². The van der Waals surface area contributed by atoms with Crippen molar-refractivity contribution in [1.29, 1.82) is 0 Å². The van der Waals surface area contributed by atoms with E-state index in [9.17, 15) is 50.1 Å². The minimum Gasteiger partial charge on any atom is -0.440 e. The highest BCUT2D eigenvalue weighted by atomic mass is 31.2. The molecule has 3 atom stereocenters. The van der Waals surface area contributed by atoms with Crippen LogP contribution < -0.4 is 16.0 Å². The Labute approximate surface area is 303 Å². The fraction of sp³-hybridized carbons (Fsp3) is 0.324. The van der Waals surface area contributed by atoms with Crippen LogP contribution in [0.5, 0.6) is 0 Å². The number of halogens is 6. The molecule has 20 heteroatoms. The number of benzene rings is 3. The second-order valence-electron chi connectivity index (χ2n) is 12.0. The fourth-order valence-electron chi connectivity index (χ4n) is 5.52. The van der Waals surface area contributed by atoms with E-state index < -0.39 is 101 Å². The Kier molecular flexibility index (Phi) is 13.4. The number of nitrogens with two attached hydrogens (primary N) is 1. The van der Waals surface area contributed by atoms with Crippen molar-refractivity contribution >= 4 is 42.9 Å². The first kappa shape index (κ1) is 41.7. The van der Waals surface area contributed by atoms with Gasteiger partial charge in [-0.15, -0.1) is 0 Å². The summed E-state index contributed by atoms with van der Waals surface area (Å²) in [5.41, 5.74) is 6.46. The van der Waals surface area contributed by atoms with Crippen molar-refractivity contribution in [2.75, 3.05) is 11.6 Å². The van der Waals surface area contributed by atoms with Crippen molar-refractivity contribution in [3.63, 3.8) is 0 Å². The molecule has 0 aliphatic carbocycles. The number of nitrogens with one attached hydrogen (secondary N) is 1. The van der Waals surface area contributed by atoms with E-state index in [0.717, 1.165) is 4.90 Å². The van der Waals surface area contributed by atoms with Crippen LogP contribution in [-0.2, 0) is 34.8 Å². The lowest BCUT2D eigenvalue weighted by Gasteiger charge is -2.28. The van der Waals surface area contributed by atoms with Gasteiger partial charge in [-0.05, 0) is 36.6 Å². The van der Waals surface area contributed by atoms with E-state index >= 15 is 0 Å². The van der Waals surface area contributed by atoms with Crippen LogP contribution in [0.1, 0.15) is 52.7 Å². The van der Waals surface area contributed by atoms with E-state index in [1.54, 1.807) is 42.5 Å². The molecule has 3 amide bonds. The van der Waals surface area contributed by atoms with Gasteiger partial charge in [0, 0.05) is 35.8 Å². The first-order valence-corrected chi connectivity index (χ1v) is 17.5. The minimum absolute atomic E-state index is 0.0552. The van der Waals surface area contributed by atoms with E-state index in [4.69, 9.17) is 20.3 Å². The average molecular weight is 787 g/mol. The molecule has 3 aromatic rings. The molecule has 0 radical (unpaired) electrons. The molecule has 13 nitrogen and oxygen atoms in total. The number of hydrogen-bond donors (Lipinski definition) is 4. The normalized spacial score (nSPS) is 16.1. The highest BCUT2D eigenvalue weighted by molar-refractivity contribution is 7.46. The van der Waals surface area contributed by atoms with Gasteiger partial charge in [0.2, 0.25) is 18.0 Å². The second-order valence-corrected chi connectivity index (χ2v) is 13.2. The first-order chi connectivity index (χ1) is 25.2. The van der Waals surface area contributed by atoms with Gasteiger partial charge in [-0.2, -0.15) is 26.3 Å². The molecule has 0 aromatic heterocycles. The third kappa shape index (κ3) is 12.0. The van der Waals surface area contributed by atoms with Crippen LogP contribution in [-0.4, -0.2) is 64.4 Å². The number of carbonyl (C=O) groups excluding carboxylic acids is 4. The molecule has 4 rings (SSSR count). The molecule has 5 N–H and O–H groups in total. The molecule has 54 heavy (non-hydrogen) atoms. The summed E-state index contributed by atoms with van der Waals surface area (Å²) < 4.78 is 100. The number of primary amides is 1. The van der Waals surface area contributed by atoms with Gasteiger partial charge in [-0.1, -0.05) is 60.7 Å². The van der Waals surface area contributed by atoms with E-state index in [1.165, 1.54) is 36.4 Å². The summed E-state index contributed by atoms with van der Waals surface area (Å²) in [5, 5.41) is 2.21. The number of carbonyl (C=O) groups is 4. The van der Waals surface area contributed by atoms with Gasteiger partial charge in [0.25, 0.3) is 5.91 Å². The van der Waals surface area contributed by atoms with Gasteiger partial charge < -0.3 is 25.6 Å². The number of ether oxygens (including phenoxy) is 1. The van der Waals surface area contributed by atoms with E-state index in [-0.39, 0.29) is 22.5 Å². The number of amides is 3. The number of anilines is 1. The number of aliphatic imine (C=N–C) groups is 1. The molecule has 0 bridgehead atoms. The van der Waals surface area contributed by atoms with Crippen molar-refractivity contribution in [1.82, 2.24) is 5.32 Å². The number of rotatable bonds is 15. The Hall–Kier alpha value is -5.10. The first-order valence-electron chi connectivity index (χ1n) is 16.0. The van der Waals surface area contributed by atoms with Gasteiger partial charge in [-0.25, -0.2) is 14.4 Å². The van der Waals surface area contributed by atoms with Crippen LogP contribution in [0.2, 0.25) is 0 Å². The molecule has 1 aliphatic heterocycles. The van der Waals surface area contributed by atoms with E-state index in [2.05, 4.69) is 14.8 Å². The number of benzodiazepines with no additional fused rings is 1. The summed E-state index contributed by atoms with van der Waals surface area (Å²) in [7, 11) is -4.77.